The van der Waals surface area contributed by atoms with Gasteiger partial charge in [-0.25, -0.2) is 4.39 Å². The summed E-state index contributed by atoms with van der Waals surface area (Å²) in [5.74, 6) is -0.224. The van der Waals surface area contributed by atoms with Crippen LogP contribution in [0.5, 0.6) is 0 Å². The molecule has 1 aliphatic carbocycles. The molecule has 0 aliphatic heterocycles. The molecule has 0 fully saturated rings. The molecule has 0 spiro atoms. The molecule has 0 amide bonds. The number of nitrogens with two attached hydrogens (primary N) is 3. The highest BCUT2D eigenvalue weighted by molar-refractivity contribution is 5.16. The Kier molecular flexibility index (Phi) is 11.2. The SMILES string of the molecule is CC1(CN)C=CC=CC1.CCC(C)N.NCc1cccc(F)c1. The van der Waals surface area contributed by atoms with Crippen molar-refractivity contribution in [2.24, 2.45) is 22.6 Å². The summed E-state index contributed by atoms with van der Waals surface area (Å²) in [6.45, 7) is 7.39. The van der Waals surface area contributed by atoms with Gasteiger partial charge in [-0.15, -0.1) is 0 Å². The molecule has 0 bridgehead atoms. The predicted octanol–water partition coefficient (Wildman–Crippen LogP) is 3.50. The van der Waals surface area contributed by atoms with Gasteiger partial charge in [0.15, 0.2) is 0 Å². The second kappa shape index (κ2) is 12.0. The molecule has 1 aliphatic rings. The molecule has 6 N–H and O–H groups in total. The third-order valence-electron chi connectivity index (χ3n) is 3.56. The Bertz CT molecular complexity index is 483. The highest BCUT2D eigenvalue weighted by Gasteiger charge is 2.17. The van der Waals surface area contributed by atoms with Gasteiger partial charge in [0.25, 0.3) is 0 Å². The van der Waals surface area contributed by atoms with Gasteiger partial charge >= 0.3 is 0 Å². The Hall–Kier alpha value is -1.49. The maximum absolute atomic E-state index is 12.3. The number of benzene rings is 1. The minimum Gasteiger partial charge on any atom is -0.330 e. The molecule has 0 saturated heterocycles. The van der Waals surface area contributed by atoms with Gasteiger partial charge in [-0.05, 0) is 37.5 Å². The van der Waals surface area contributed by atoms with E-state index in [0.29, 0.717) is 12.6 Å². The molecule has 2 rings (SSSR count). The average Bonchev–Trinajstić information content (AvgIpc) is 2.56. The Labute approximate surface area is 140 Å². The van der Waals surface area contributed by atoms with Crippen LogP contribution in [-0.2, 0) is 6.54 Å². The molecule has 0 aromatic heterocycles. The molecular weight excluding hydrogens is 289 g/mol. The average molecular weight is 321 g/mol. The van der Waals surface area contributed by atoms with E-state index < -0.39 is 0 Å². The molecule has 3 nitrogen and oxygen atoms in total. The summed E-state index contributed by atoms with van der Waals surface area (Å²) in [5, 5.41) is 0. The lowest BCUT2D eigenvalue weighted by Gasteiger charge is -2.23. The van der Waals surface area contributed by atoms with Crippen LogP contribution < -0.4 is 17.2 Å². The molecule has 23 heavy (non-hydrogen) atoms. The first-order valence-corrected chi connectivity index (χ1v) is 8.11. The van der Waals surface area contributed by atoms with Crippen molar-refractivity contribution in [1.29, 1.82) is 0 Å². The molecule has 130 valence electrons. The molecule has 1 aromatic rings. The first kappa shape index (κ1) is 21.5. The van der Waals surface area contributed by atoms with Crippen molar-refractivity contribution >= 4 is 0 Å². The van der Waals surface area contributed by atoms with Crippen LogP contribution >= 0.6 is 0 Å². The quantitative estimate of drug-likeness (QED) is 0.797. The van der Waals surface area contributed by atoms with E-state index in [1.807, 2.05) is 6.92 Å². The van der Waals surface area contributed by atoms with E-state index >= 15 is 0 Å². The van der Waals surface area contributed by atoms with Gasteiger partial charge in [0.1, 0.15) is 5.82 Å². The third kappa shape index (κ3) is 10.8. The van der Waals surface area contributed by atoms with Gasteiger partial charge in [0.2, 0.25) is 0 Å². The van der Waals surface area contributed by atoms with Crippen LogP contribution in [0.15, 0.2) is 48.6 Å². The van der Waals surface area contributed by atoms with Crippen LogP contribution in [0.1, 0.15) is 39.2 Å². The molecule has 0 radical (unpaired) electrons. The summed E-state index contributed by atoms with van der Waals surface area (Å²) >= 11 is 0. The zero-order valence-electron chi connectivity index (χ0n) is 14.6. The fraction of sp³-hybridized carbons (Fsp3) is 0.474. The monoisotopic (exact) mass is 321 g/mol. The van der Waals surface area contributed by atoms with E-state index in [0.717, 1.165) is 24.9 Å². The summed E-state index contributed by atoms with van der Waals surface area (Å²) in [6, 6.07) is 6.66. The van der Waals surface area contributed by atoms with Gasteiger partial charge in [0.05, 0.1) is 0 Å². The van der Waals surface area contributed by atoms with E-state index in [1.165, 1.54) is 12.1 Å². The van der Waals surface area contributed by atoms with E-state index in [4.69, 9.17) is 17.2 Å². The summed E-state index contributed by atoms with van der Waals surface area (Å²) in [4.78, 5) is 0. The minimum absolute atomic E-state index is 0.224. The maximum Gasteiger partial charge on any atom is 0.123 e. The fourth-order valence-corrected chi connectivity index (χ4v) is 1.59. The fourth-order valence-electron chi connectivity index (χ4n) is 1.59. The highest BCUT2D eigenvalue weighted by atomic mass is 19.1. The van der Waals surface area contributed by atoms with E-state index in [-0.39, 0.29) is 11.2 Å². The van der Waals surface area contributed by atoms with E-state index in [1.54, 1.807) is 12.1 Å². The van der Waals surface area contributed by atoms with Gasteiger partial charge in [-0.1, -0.05) is 50.3 Å². The predicted molar refractivity (Wildman–Crippen MR) is 98.3 cm³/mol. The van der Waals surface area contributed by atoms with Gasteiger partial charge in [-0.2, -0.15) is 0 Å². The van der Waals surface area contributed by atoms with Gasteiger partial charge < -0.3 is 17.2 Å². The van der Waals surface area contributed by atoms with Crippen molar-refractivity contribution in [3.8, 4) is 0 Å². The molecule has 4 heteroatoms. The molecular formula is C19H32FN3. The Morgan fingerprint density at radius 3 is 2.22 bits per heavy atom. The van der Waals surface area contributed by atoms with Gasteiger partial charge in [0, 0.05) is 24.5 Å². The lowest BCUT2D eigenvalue weighted by molar-refractivity contribution is 0.443. The Balaban J connectivity index is 0.000000332. The van der Waals surface area contributed by atoms with Gasteiger partial charge in [-0.3, -0.25) is 0 Å². The summed E-state index contributed by atoms with van der Waals surface area (Å²) < 4.78 is 12.3. The van der Waals surface area contributed by atoms with Crippen molar-refractivity contribution in [3.63, 3.8) is 0 Å². The lowest BCUT2D eigenvalue weighted by Crippen LogP contribution is -2.24. The van der Waals surface area contributed by atoms with Crippen LogP contribution in [0, 0.1) is 11.2 Å². The van der Waals surface area contributed by atoms with E-state index in [9.17, 15) is 4.39 Å². The number of hydrogen-bond acceptors (Lipinski definition) is 3. The second-order valence-corrected chi connectivity index (χ2v) is 6.07. The summed E-state index contributed by atoms with van der Waals surface area (Å²) in [6.07, 6.45) is 10.6. The molecule has 0 saturated carbocycles. The second-order valence-electron chi connectivity index (χ2n) is 6.07. The van der Waals surface area contributed by atoms with Crippen LogP contribution in [0.3, 0.4) is 0 Å². The van der Waals surface area contributed by atoms with Crippen molar-refractivity contribution in [2.45, 2.75) is 46.2 Å². The smallest absolute Gasteiger partial charge is 0.123 e. The van der Waals surface area contributed by atoms with Crippen LogP contribution in [0.25, 0.3) is 0 Å². The Morgan fingerprint density at radius 2 is 1.91 bits per heavy atom. The number of hydrogen-bond donors (Lipinski definition) is 3. The molecule has 2 atom stereocenters. The van der Waals surface area contributed by atoms with Crippen molar-refractivity contribution in [3.05, 3.63) is 60.0 Å². The van der Waals surface area contributed by atoms with Crippen molar-refractivity contribution in [2.75, 3.05) is 6.54 Å². The Morgan fingerprint density at radius 1 is 1.26 bits per heavy atom. The number of rotatable bonds is 3. The zero-order chi connectivity index (χ0) is 17.7. The standard InChI is InChI=1S/C8H13N.C7H8FN.C4H11N/c1-8(7-9)5-3-2-4-6-8;8-7-3-1-2-6(4-7)5-9;1-3-4(2)5/h2-5H,6-7,9H2,1H3;1-4H,5,9H2;4H,3,5H2,1-2H3. The normalized spacial score (nSPS) is 20.0. The number of halogens is 1. The van der Waals surface area contributed by atoms with Crippen molar-refractivity contribution in [1.82, 2.24) is 0 Å². The van der Waals surface area contributed by atoms with Crippen LogP contribution in [-0.4, -0.2) is 12.6 Å². The molecule has 0 heterocycles. The van der Waals surface area contributed by atoms with Crippen LogP contribution in [0.2, 0.25) is 0 Å². The molecule has 2 unspecified atom stereocenters. The third-order valence-corrected chi connectivity index (χ3v) is 3.56. The summed E-state index contributed by atoms with van der Waals surface area (Å²) in [7, 11) is 0. The largest absolute Gasteiger partial charge is 0.330 e. The zero-order valence-corrected chi connectivity index (χ0v) is 14.6. The topological polar surface area (TPSA) is 78.1 Å². The lowest BCUT2D eigenvalue weighted by atomic mass is 9.84. The number of allylic oxidation sites excluding steroid dienone is 3. The van der Waals surface area contributed by atoms with E-state index in [2.05, 4.69) is 38.2 Å². The molecule has 1 aromatic carbocycles. The maximum atomic E-state index is 12.3. The highest BCUT2D eigenvalue weighted by Crippen LogP contribution is 2.24. The first-order valence-electron chi connectivity index (χ1n) is 8.11. The van der Waals surface area contributed by atoms with Crippen molar-refractivity contribution < 1.29 is 4.39 Å². The first-order chi connectivity index (χ1) is 10.9. The minimum atomic E-state index is -0.224. The summed E-state index contributed by atoms with van der Waals surface area (Å²) in [5.41, 5.74) is 17.2. The van der Waals surface area contributed by atoms with Crippen LogP contribution in [0.4, 0.5) is 4.39 Å².